The Labute approximate surface area is 49.0 Å². The van der Waals surface area contributed by atoms with Crippen LogP contribution in [0, 0.1) is 11.3 Å². The van der Waals surface area contributed by atoms with E-state index in [0.717, 1.165) is 12.8 Å². The molecule has 0 aromatic carbocycles. The molecule has 0 spiro atoms. The fraction of sp³-hybridized carbons (Fsp3) is 0.600. The van der Waals surface area contributed by atoms with Crippen LogP contribution in [0.15, 0.2) is 0 Å². The highest BCUT2D eigenvalue weighted by Crippen LogP contribution is 1.88. The molecule has 7 heavy (non-hydrogen) atoms. The number of nitrogens with zero attached hydrogens (tertiary/aromatic N) is 1. The minimum Gasteiger partial charge on any atom is -0.198 e. The monoisotopic (exact) mass is 113 g/mol. The van der Waals surface area contributed by atoms with E-state index >= 15 is 0 Å². The summed E-state index contributed by atoms with van der Waals surface area (Å²) >= 11 is 4.53. The van der Waals surface area contributed by atoms with Crippen molar-refractivity contribution in [1.82, 2.24) is 0 Å². The largest absolute Gasteiger partial charge is 0.198 e. The summed E-state index contributed by atoms with van der Waals surface area (Å²) in [5, 5.41) is 9.66. The lowest BCUT2D eigenvalue weighted by Gasteiger charge is -1.79. The molecule has 0 fully saturated rings. The predicted molar refractivity (Wildman–Crippen MR) is 33.1 cm³/mol. The average Bonchev–Trinajstić information content (AvgIpc) is 1.69. The van der Waals surface area contributed by atoms with Crippen molar-refractivity contribution in [3.8, 4) is 6.07 Å². The van der Waals surface area contributed by atoms with Gasteiger partial charge in [-0.2, -0.15) is 5.26 Å². The van der Waals surface area contributed by atoms with Crippen LogP contribution < -0.4 is 0 Å². The molecular weight excluding hydrogens is 106 g/mol. The molecule has 0 saturated heterocycles. The van der Waals surface area contributed by atoms with Gasteiger partial charge < -0.3 is 0 Å². The summed E-state index contributed by atoms with van der Waals surface area (Å²) in [6, 6.07) is 2.04. The molecule has 0 aromatic heterocycles. The molecule has 0 rings (SSSR count). The van der Waals surface area contributed by atoms with Gasteiger partial charge in [0.05, 0.1) is 6.07 Å². The van der Waals surface area contributed by atoms with Crippen molar-refractivity contribution in [3.05, 3.63) is 0 Å². The van der Waals surface area contributed by atoms with Gasteiger partial charge in [0.2, 0.25) is 0 Å². The summed E-state index contributed by atoms with van der Waals surface area (Å²) in [7, 11) is 0. The molecular formula is C5H7NS. The number of nitriles is 1. The van der Waals surface area contributed by atoms with Crippen LogP contribution in [0.5, 0.6) is 0 Å². The van der Waals surface area contributed by atoms with Gasteiger partial charge >= 0.3 is 0 Å². The molecule has 0 bridgehead atoms. The summed E-state index contributed by atoms with van der Waals surface area (Å²) in [6.07, 6.45) is 2.44. The van der Waals surface area contributed by atoms with E-state index in [2.05, 4.69) is 12.2 Å². The molecule has 0 unspecified atom stereocenters. The summed E-state index contributed by atoms with van der Waals surface area (Å²) in [6.45, 7) is 0. The van der Waals surface area contributed by atoms with Crippen LogP contribution in [0.2, 0.25) is 0 Å². The number of hydrogen-bond acceptors (Lipinski definition) is 2. The molecule has 0 aliphatic carbocycles. The van der Waals surface area contributed by atoms with Gasteiger partial charge in [-0.05, 0) is 18.2 Å². The number of rotatable bonds is 3. The van der Waals surface area contributed by atoms with Crippen LogP contribution in [-0.4, -0.2) is 5.37 Å². The molecule has 0 heterocycles. The van der Waals surface area contributed by atoms with Crippen molar-refractivity contribution in [3.63, 3.8) is 0 Å². The zero-order valence-corrected chi connectivity index (χ0v) is 4.87. The minimum atomic E-state index is 0.632. The van der Waals surface area contributed by atoms with Gasteiger partial charge in [-0.15, -0.1) is 0 Å². The van der Waals surface area contributed by atoms with Crippen LogP contribution in [0.4, 0.5) is 0 Å². The molecule has 0 amide bonds. The van der Waals surface area contributed by atoms with E-state index in [9.17, 15) is 0 Å². The van der Waals surface area contributed by atoms with Crippen molar-refractivity contribution in [1.29, 1.82) is 5.26 Å². The Hall–Kier alpha value is -0.420. The normalized spacial score (nSPS) is 7.29. The van der Waals surface area contributed by atoms with Crippen molar-refractivity contribution in [2.45, 2.75) is 19.3 Å². The summed E-state index contributed by atoms with van der Waals surface area (Å²) in [5.74, 6) is 0. The molecule has 0 N–H and O–H groups in total. The van der Waals surface area contributed by atoms with E-state index < -0.39 is 0 Å². The quantitative estimate of drug-likeness (QED) is 0.410. The summed E-state index contributed by atoms with van der Waals surface area (Å²) in [5.41, 5.74) is 0. The highest BCUT2D eigenvalue weighted by Gasteiger charge is 1.77. The lowest BCUT2D eigenvalue weighted by atomic mass is 10.3. The Morgan fingerprint density at radius 2 is 2.43 bits per heavy atom. The Kier molecular flexibility index (Phi) is 5.25. The van der Waals surface area contributed by atoms with Crippen molar-refractivity contribution < 1.29 is 0 Å². The van der Waals surface area contributed by atoms with E-state index in [0.29, 0.717) is 6.42 Å². The molecule has 38 valence electrons. The van der Waals surface area contributed by atoms with E-state index in [1.54, 1.807) is 5.37 Å². The van der Waals surface area contributed by atoms with Crippen LogP contribution >= 0.6 is 12.2 Å². The first-order chi connectivity index (χ1) is 3.41. The van der Waals surface area contributed by atoms with E-state index in [1.165, 1.54) is 0 Å². The van der Waals surface area contributed by atoms with Gasteiger partial charge in [-0.3, -0.25) is 0 Å². The Balaban J connectivity index is 2.72. The molecule has 0 aliphatic heterocycles. The third-order valence-corrected chi connectivity index (χ3v) is 0.846. The second-order valence-corrected chi connectivity index (χ2v) is 1.55. The zero-order valence-electron chi connectivity index (χ0n) is 4.05. The number of hydrogen-bond donors (Lipinski definition) is 0. The summed E-state index contributed by atoms with van der Waals surface area (Å²) < 4.78 is 0. The van der Waals surface area contributed by atoms with Crippen molar-refractivity contribution >= 4 is 17.6 Å². The van der Waals surface area contributed by atoms with Gasteiger partial charge in [0, 0.05) is 6.42 Å². The van der Waals surface area contributed by atoms with Crippen LogP contribution in [0.25, 0.3) is 0 Å². The Morgan fingerprint density at radius 1 is 1.71 bits per heavy atom. The lowest BCUT2D eigenvalue weighted by Crippen LogP contribution is -1.70. The fourth-order valence-electron chi connectivity index (χ4n) is 0.264. The lowest BCUT2D eigenvalue weighted by molar-refractivity contribution is 0.918. The molecule has 0 saturated carbocycles. The third-order valence-electron chi connectivity index (χ3n) is 0.611. The van der Waals surface area contributed by atoms with Crippen LogP contribution in [0.3, 0.4) is 0 Å². The zero-order chi connectivity index (χ0) is 5.54. The van der Waals surface area contributed by atoms with E-state index in [-0.39, 0.29) is 0 Å². The van der Waals surface area contributed by atoms with Gasteiger partial charge in [0.15, 0.2) is 0 Å². The standard InChI is InChI=1S/C5H7NS/c6-4-2-1-3-5-7/h5H,1-3H2. The maximum Gasteiger partial charge on any atom is 0.0621 e. The van der Waals surface area contributed by atoms with Crippen molar-refractivity contribution in [2.75, 3.05) is 0 Å². The minimum absolute atomic E-state index is 0.632. The number of unbranched alkanes of at least 4 members (excludes halogenated alkanes) is 2. The maximum atomic E-state index is 7.99. The highest BCUT2D eigenvalue weighted by atomic mass is 32.1. The second-order valence-electron chi connectivity index (χ2n) is 1.22. The highest BCUT2D eigenvalue weighted by molar-refractivity contribution is 7.78. The van der Waals surface area contributed by atoms with Gasteiger partial charge in [-0.25, -0.2) is 0 Å². The van der Waals surface area contributed by atoms with Crippen LogP contribution in [-0.2, 0) is 0 Å². The van der Waals surface area contributed by atoms with E-state index in [4.69, 9.17) is 5.26 Å². The predicted octanol–water partition coefficient (Wildman–Crippen LogP) is 1.68. The second kappa shape index (κ2) is 5.58. The molecule has 0 atom stereocenters. The summed E-state index contributed by atoms with van der Waals surface area (Å²) in [4.78, 5) is 0. The van der Waals surface area contributed by atoms with Crippen LogP contribution in [0.1, 0.15) is 19.3 Å². The number of thiocarbonyl (C=S) groups is 1. The fourth-order valence-corrected chi connectivity index (χ4v) is 0.431. The van der Waals surface area contributed by atoms with Gasteiger partial charge in [0.1, 0.15) is 0 Å². The molecule has 0 aromatic rings. The van der Waals surface area contributed by atoms with E-state index in [1.807, 2.05) is 6.07 Å². The molecule has 0 aliphatic rings. The smallest absolute Gasteiger partial charge is 0.0621 e. The molecule has 1 nitrogen and oxygen atoms in total. The third kappa shape index (κ3) is 5.58. The van der Waals surface area contributed by atoms with Gasteiger partial charge in [-0.1, -0.05) is 12.2 Å². The first-order valence-corrected chi connectivity index (χ1v) is 2.69. The topological polar surface area (TPSA) is 23.8 Å². The molecule has 0 radical (unpaired) electrons. The van der Waals surface area contributed by atoms with Gasteiger partial charge in [0.25, 0.3) is 0 Å². The first-order valence-electron chi connectivity index (χ1n) is 2.22. The molecule has 2 heteroatoms. The van der Waals surface area contributed by atoms with Crippen molar-refractivity contribution in [2.24, 2.45) is 0 Å². The average molecular weight is 113 g/mol. The Bertz CT molecular complexity index is 82.6. The Morgan fingerprint density at radius 3 is 2.86 bits per heavy atom. The maximum absolute atomic E-state index is 7.99. The SMILES string of the molecule is N#CCCCC=S. The first kappa shape index (κ1) is 6.58.